The normalized spacial score (nSPS) is 16.7. The van der Waals surface area contributed by atoms with E-state index in [4.69, 9.17) is 9.47 Å². The molecule has 1 aromatic heterocycles. The molecule has 11 heteroatoms. The number of nitrogens with one attached hydrogen (secondary N) is 2. The number of halogens is 4. The lowest BCUT2D eigenvalue weighted by Gasteiger charge is -2.16. The SMILES string of the molecule is CN=C(NCc1nc(C(F)(F)F)cs1)NCc1ccc(C)cc1OCC1CCOC1.I. The fourth-order valence-electron chi connectivity index (χ4n) is 2.95. The molecular formula is C20H26F3IN4O2S. The zero-order chi connectivity index (χ0) is 21.6. The van der Waals surface area contributed by atoms with Gasteiger partial charge in [-0.15, -0.1) is 35.3 Å². The van der Waals surface area contributed by atoms with Gasteiger partial charge in [-0.2, -0.15) is 13.2 Å². The Bertz CT molecular complexity index is 870. The molecule has 0 amide bonds. The summed E-state index contributed by atoms with van der Waals surface area (Å²) in [7, 11) is 1.60. The van der Waals surface area contributed by atoms with Gasteiger partial charge in [0.05, 0.1) is 19.8 Å². The number of rotatable bonds is 7. The van der Waals surface area contributed by atoms with Crippen molar-refractivity contribution in [1.29, 1.82) is 0 Å². The summed E-state index contributed by atoms with van der Waals surface area (Å²) in [5.74, 6) is 1.68. The summed E-state index contributed by atoms with van der Waals surface area (Å²) >= 11 is 0.959. The molecule has 1 aliphatic rings. The van der Waals surface area contributed by atoms with Gasteiger partial charge in [-0.1, -0.05) is 12.1 Å². The molecule has 1 aromatic carbocycles. The average molecular weight is 570 g/mol. The van der Waals surface area contributed by atoms with Crippen molar-refractivity contribution in [3.63, 3.8) is 0 Å². The predicted molar refractivity (Wildman–Crippen MR) is 125 cm³/mol. The minimum Gasteiger partial charge on any atom is -0.493 e. The van der Waals surface area contributed by atoms with Crippen LogP contribution >= 0.6 is 35.3 Å². The van der Waals surface area contributed by atoms with E-state index in [1.165, 1.54) is 0 Å². The molecule has 172 valence electrons. The van der Waals surface area contributed by atoms with Gasteiger partial charge in [0, 0.05) is 37.1 Å². The number of benzene rings is 1. The van der Waals surface area contributed by atoms with E-state index in [1.54, 1.807) is 7.05 Å². The van der Waals surface area contributed by atoms with Gasteiger partial charge in [-0.25, -0.2) is 4.98 Å². The third kappa shape index (κ3) is 7.79. The van der Waals surface area contributed by atoms with Crippen LogP contribution in [0, 0.1) is 12.8 Å². The first-order chi connectivity index (χ1) is 14.3. The molecule has 0 saturated carbocycles. The van der Waals surface area contributed by atoms with Crippen molar-refractivity contribution in [3.05, 3.63) is 45.4 Å². The maximum atomic E-state index is 12.7. The minimum absolute atomic E-state index is 0. The van der Waals surface area contributed by atoms with E-state index in [0.29, 0.717) is 30.0 Å². The lowest BCUT2D eigenvalue weighted by molar-refractivity contribution is -0.140. The topological polar surface area (TPSA) is 67.8 Å². The maximum absolute atomic E-state index is 12.7. The van der Waals surface area contributed by atoms with Crippen LogP contribution in [0.25, 0.3) is 0 Å². The second-order valence-corrected chi connectivity index (χ2v) is 8.00. The summed E-state index contributed by atoms with van der Waals surface area (Å²) in [5, 5.41) is 7.51. The van der Waals surface area contributed by atoms with Crippen LogP contribution in [0.3, 0.4) is 0 Å². The molecule has 2 heterocycles. The highest BCUT2D eigenvalue weighted by atomic mass is 127. The monoisotopic (exact) mass is 570 g/mol. The summed E-state index contributed by atoms with van der Waals surface area (Å²) in [6.45, 7) is 4.73. The van der Waals surface area contributed by atoms with E-state index < -0.39 is 11.9 Å². The Balaban J connectivity index is 0.00000341. The van der Waals surface area contributed by atoms with Gasteiger partial charge in [-0.05, 0) is 25.0 Å². The van der Waals surface area contributed by atoms with Gasteiger partial charge in [0.1, 0.15) is 10.8 Å². The maximum Gasteiger partial charge on any atom is 0.434 e. The molecule has 1 unspecified atom stereocenters. The first-order valence-corrected chi connectivity index (χ1v) is 10.5. The van der Waals surface area contributed by atoms with Crippen LogP contribution < -0.4 is 15.4 Å². The van der Waals surface area contributed by atoms with Crippen molar-refractivity contribution in [2.45, 2.75) is 32.6 Å². The fourth-order valence-corrected chi connectivity index (χ4v) is 3.69. The zero-order valence-corrected chi connectivity index (χ0v) is 20.4. The Kier molecular flexibility index (Phi) is 9.82. The number of aryl methyl sites for hydroxylation is 1. The average Bonchev–Trinajstić information content (AvgIpc) is 3.39. The van der Waals surface area contributed by atoms with Gasteiger partial charge in [0.15, 0.2) is 11.7 Å². The van der Waals surface area contributed by atoms with Gasteiger partial charge < -0.3 is 20.1 Å². The predicted octanol–water partition coefficient (Wildman–Crippen LogP) is 4.37. The van der Waals surface area contributed by atoms with Gasteiger partial charge >= 0.3 is 6.18 Å². The number of ether oxygens (including phenoxy) is 2. The molecule has 6 nitrogen and oxygen atoms in total. The summed E-state index contributed by atoms with van der Waals surface area (Å²) in [6, 6.07) is 6.00. The molecule has 31 heavy (non-hydrogen) atoms. The number of nitrogens with zero attached hydrogens (tertiary/aromatic N) is 2. The molecule has 1 saturated heterocycles. The highest BCUT2D eigenvalue weighted by Crippen LogP contribution is 2.30. The number of hydrogen-bond acceptors (Lipinski definition) is 5. The first kappa shape index (κ1) is 25.7. The largest absolute Gasteiger partial charge is 0.493 e. The van der Waals surface area contributed by atoms with Gasteiger partial charge in [-0.3, -0.25) is 4.99 Å². The Morgan fingerprint density at radius 3 is 2.74 bits per heavy atom. The molecule has 2 N–H and O–H groups in total. The summed E-state index contributed by atoms with van der Waals surface area (Å²) in [5.41, 5.74) is 1.19. The third-order valence-electron chi connectivity index (χ3n) is 4.64. The molecule has 0 bridgehead atoms. The Hall–Kier alpha value is -1.60. The van der Waals surface area contributed by atoms with E-state index in [1.807, 2.05) is 25.1 Å². The minimum atomic E-state index is -4.43. The van der Waals surface area contributed by atoms with E-state index >= 15 is 0 Å². The number of aromatic nitrogens is 1. The molecule has 0 spiro atoms. The van der Waals surface area contributed by atoms with Crippen LogP contribution in [0.2, 0.25) is 0 Å². The highest BCUT2D eigenvalue weighted by molar-refractivity contribution is 14.0. The van der Waals surface area contributed by atoms with E-state index in [0.717, 1.165) is 53.2 Å². The molecule has 3 rings (SSSR count). The molecule has 1 atom stereocenters. The third-order valence-corrected chi connectivity index (χ3v) is 5.49. The van der Waals surface area contributed by atoms with Crippen LogP contribution in [0.1, 0.15) is 28.2 Å². The lowest BCUT2D eigenvalue weighted by Crippen LogP contribution is -2.36. The van der Waals surface area contributed by atoms with E-state index in [-0.39, 0.29) is 30.5 Å². The number of aliphatic imine (C=N–C) groups is 1. The smallest absolute Gasteiger partial charge is 0.434 e. The Morgan fingerprint density at radius 2 is 2.10 bits per heavy atom. The first-order valence-electron chi connectivity index (χ1n) is 9.61. The van der Waals surface area contributed by atoms with Crippen LogP contribution in [0.15, 0.2) is 28.6 Å². The molecule has 0 aliphatic carbocycles. The second-order valence-electron chi connectivity index (χ2n) is 7.06. The second kappa shape index (κ2) is 11.9. The van der Waals surface area contributed by atoms with Gasteiger partial charge in [0.2, 0.25) is 0 Å². The van der Waals surface area contributed by atoms with Crippen molar-refractivity contribution in [3.8, 4) is 5.75 Å². The summed E-state index contributed by atoms with van der Waals surface area (Å²) < 4.78 is 49.4. The van der Waals surface area contributed by atoms with E-state index in [2.05, 4.69) is 20.6 Å². The molecular weight excluding hydrogens is 544 g/mol. The molecule has 2 aromatic rings. The number of guanidine groups is 1. The number of hydrogen-bond donors (Lipinski definition) is 2. The zero-order valence-electron chi connectivity index (χ0n) is 17.3. The molecule has 1 aliphatic heterocycles. The van der Waals surface area contributed by atoms with E-state index in [9.17, 15) is 13.2 Å². The summed E-state index contributed by atoms with van der Waals surface area (Å²) in [4.78, 5) is 7.73. The standard InChI is InChI=1S/C20H25F3N4O2S.HI/c1-13-3-4-15(16(7-13)29-11-14-5-6-28-10-14)8-25-19(24-2)26-9-18-27-17(12-30-18)20(21,22)23;/h3-4,7,12,14H,5-6,8-11H2,1-2H3,(H2,24,25,26);1H. The van der Waals surface area contributed by atoms with Crippen LogP contribution in [-0.2, 0) is 24.0 Å². The molecule has 1 fully saturated rings. The van der Waals surface area contributed by atoms with Gasteiger partial charge in [0.25, 0.3) is 0 Å². The van der Waals surface area contributed by atoms with Crippen molar-refractivity contribution < 1.29 is 22.6 Å². The van der Waals surface area contributed by atoms with Crippen molar-refractivity contribution in [2.75, 3.05) is 26.9 Å². The highest BCUT2D eigenvalue weighted by Gasteiger charge is 2.33. The Labute approximate surface area is 200 Å². The summed E-state index contributed by atoms with van der Waals surface area (Å²) in [6.07, 6.45) is -3.43. The van der Waals surface area contributed by atoms with Crippen LogP contribution in [0.5, 0.6) is 5.75 Å². The number of thiazole rings is 1. The lowest BCUT2D eigenvalue weighted by atomic mass is 10.1. The molecule has 0 radical (unpaired) electrons. The number of alkyl halides is 3. The quantitative estimate of drug-likeness (QED) is 0.294. The van der Waals surface area contributed by atoms with Crippen molar-refractivity contribution in [2.24, 2.45) is 10.9 Å². The van der Waals surface area contributed by atoms with Crippen LogP contribution in [-0.4, -0.2) is 37.8 Å². The fraction of sp³-hybridized carbons (Fsp3) is 0.500. The Morgan fingerprint density at radius 1 is 1.32 bits per heavy atom. The van der Waals surface area contributed by atoms with Crippen molar-refractivity contribution in [1.82, 2.24) is 15.6 Å². The van der Waals surface area contributed by atoms with Crippen molar-refractivity contribution >= 4 is 41.3 Å². The van der Waals surface area contributed by atoms with Crippen LogP contribution in [0.4, 0.5) is 13.2 Å².